The van der Waals surface area contributed by atoms with E-state index in [2.05, 4.69) is 211 Å². The molecule has 0 saturated heterocycles. The first-order valence-electron chi connectivity index (χ1n) is 19.9. The largest absolute Gasteiger partial charge is 0.309 e. The summed E-state index contributed by atoms with van der Waals surface area (Å²) in [7, 11) is -2.86. The number of hydrogen-bond acceptors (Lipinski definition) is 3. The Morgan fingerprint density at radius 1 is 0.407 bits per heavy atom. The second kappa shape index (κ2) is 13.7. The lowest BCUT2D eigenvalue weighted by Gasteiger charge is -2.32. The van der Waals surface area contributed by atoms with E-state index in [9.17, 15) is 0 Å². The van der Waals surface area contributed by atoms with Gasteiger partial charge in [0.1, 0.15) is 0 Å². The van der Waals surface area contributed by atoms with Crippen LogP contribution < -0.4 is 25.6 Å². The van der Waals surface area contributed by atoms with E-state index in [4.69, 9.17) is 11.6 Å². The summed E-state index contributed by atoms with van der Waals surface area (Å²) in [4.78, 5) is 2.51. The number of thiophene rings is 2. The van der Waals surface area contributed by atoms with E-state index in [0.29, 0.717) is 0 Å². The van der Waals surface area contributed by atoms with E-state index >= 15 is 0 Å². The van der Waals surface area contributed by atoms with Crippen molar-refractivity contribution in [2.24, 2.45) is 0 Å². The van der Waals surface area contributed by atoms with Gasteiger partial charge in [-0.3, -0.25) is 0 Å². The Kier molecular flexibility index (Phi) is 8.04. The van der Waals surface area contributed by atoms with Crippen LogP contribution in [0.4, 0.5) is 17.1 Å². The highest BCUT2D eigenvalue weighted by molar-refractivity contribution is 7.26. The topological polar surface area (TPSA) is 3.24 Å². The molecule has 0 radical (unpaired) electrons. The van der Waals surface area contributed by atoms with Gasteiger partial charge < -0.3 is 4.90 Å². The minimum absolute atomic E-state index is 0.758. The monoisotopic (exact) mass is 823 g/mol. The zero-order valence-corrected chi connectivity index (χ0v) is 35.2. The van der Waals surface area contributed by atoms with Crippen LogP contribution in [0.5, 0.6) is 0 Å². The van der Waals surface area contributed by atoms with Gasteiger partial charge in [-0.2, -0.15) is 0 Å². The average molecular weight is 825 g/mol. The van der Waals surface area contributed by atoms with Crippen LogP contribution in [0.2, 0.25) is 5.02 Å². The van der Waals surface area contributed by atoms with Crippen LogP contribution in [-0.2, 0) is 0 Å². The molecule has 0 atom stereocenters. The highest BCUT2D eigenvalue weighted by atomic mass is 35.5. The number of fused-ring (bicyclic) bond motifs is 9. The molecule has 0 N–H and O–H groups in total. The molecule has 59 heavy (non-hydrogen) atoms. The minimum atomic E-state index is -2.86. The molecule has 0 aliphatic carbocycles. The van der Waals surface area contributed by atoms with Crippen LogP contribution in [0.3, 0.4) is 0 Å². The van der Waals surface area contributed by atoms with Crippen LogP contribution in [0.1, 0.15) is 0 Å². The van der Waals surface area contributed by atoms with Crippen molar-refractivity contribution in [3.05, 3.63) is 211 Å². The fraction of sp³-hybridized carbons (Fsp3) is 0. The molecule has 2 aromatic heterocycles. The van der Waals surface area contributed by atoms with Gasteiger partial charge in [-0.1, -0.05) is 157 Å². The molecule has 0 amide bonds. The first-order valence-corrected chi connectivity index (χ1v) is 23.9. The van der Waals surface area contributed by atoms with Crippen LogP contribution in [-0.4, -0.2) is 8.07 Å². The van der Waals surface area contributed by atoms with Crippen LogP contribution in [0.25, 0.3) is 62.6 Å². The van der Waals surface area contributed by atoms with Gasteiger partial charge in [-0.15, -0.1) is 22.7 Å². The molecule has 0 saturated carbocycles. The van der Waals surface area contributed by atoms with E-state index in [1.807, 2.05) is 22.7 Å². The van der Waals surface area contributed by atoms with Crippen LogP contribution in [0, 0.1) is 0 Å². The molecule has 12 rings (SSSR count). The summed E-state index contributed by atoms with van der Waals surface area (Å²) in [5.41, 5.74) is 8.30. The molecule has 278 valence electrons. The van der Waals surface area contributed by atoms with Crippen molar-refractivity contribution in [1.29, 1.82) is 0 Å². The summed E-state index contributed by atoms with van der Waals surface area (Å²) in [5, 5.41) is 11.3. The third kappa shape index (κ3) is 5.27. The Balaban J connectivity index is 1.19. The van der Waals surface area contributed by atoms with Gasteiger partial charge in [0, 0.05) is 52.0 Å². The molecule has 1 nitrogen and oxygen atoms in total. The number of rotatable bonds is 6. The fourth-order valence-corrected chi connectivity index (χ4v) is 17.5. The van der Waals surface area contributed by atoms with E-state index in [-0.39, 0.29) is 0 Å². The second-order valence-corrected chi connectivity index (χ2v) is 21.6. The highest BCUT2D eigenvalue weighted by Crippen LogP contribution is 2.48. The minimum Gasteiger partial charge on any atom is -0.309 e. The Bertz CT molecular complexity index is 3370. The molecule has 5 heteroatoms. The Hall–Kier alpha value is -6.27. The summed E-state index contributed by atoms with van der Waals surface area (Å²) in [6, 6.07) is 76.4. The first kappa shape index (κ1) is 34.7. The van der Waals surface area contributed by atoms with Gasteiger partial charge in [0.05, 0.1) is 10.4 Å². The van der Waals surface area contributed by atoms with Gasteiger partial charge in [0.2, 0.25) is 0 Å². The fourth-order valence-electron chi connectivity index (χ4n) is 9.74. The SMILES string of the molecule is Clc1cc(-c2ccccc2)c2c(c1)[Si](c1ccccc1)(c1ccccc1)c1ccc(N(c3ccc4sc5ccccc5c4c3)c3cccc4c3sc3ccccc34)cc1-2. The normalized spacial score (nSPS) is 13.0. The predicted molar refractivity (Wildman–Crippen MR) is 260 cm³/mol. The standard InChI is InChI=1S/C54H34ClNS2Si/c55-36-31-44(35-15-4-1-5-16-35)53-46-34-38(28-30-51(46)59(52(53)32-36,39-17-6-2-7-18-39)40-19-8-3-9-20-40)56(37-27-29-50-45(33-37)42-22-11-12-25-48(42)57-50)47-24-14-23-43-41-21-10-13-26-49(41)58-54(43)47/h1-34H. The van der Waals surface area contributed by atoms with Crippen molar-refractivity contribution in [2.45, 2.75) is 0 Å². The van der Waals surface area contributed by atoms with Crippen molar-refractivity contribution in [2.75, 3.05) is 4.90 Å². The van der Waals surface area contributed by atoms with Gasteiger partial charge in [0.15, 0.2) is 8.07 Å². The molecule has 0 bridgehead atoms. The number of nitrogens with zero attached hydrogens (tertiary/aromatic N) is 1. The molecule has 0 fully saturated rings. The highest BCUT2D eigenvalue weighted by Gasteiger charge is 2.50. The van der Waals surface area contributed by atoms with E-state index in [1.165, 1.54) is 77.9 Å². The molecule has 11 aromatic rings. The van der Waals surface area contributed by atoms with Crippen LogP contribution >= 0.6 is 34.3 Å². The molecule has 9 aromatic carbocycles. The third-order valence-electron chi connectivity index (χ3n) is 12.2. The quantitative estimate of drug-likeness (QED) is 0.151. The molecular weight excluding hydrogens is 790 g/mol. The van der Waals surface area contributed by atoms with Crippen molar-refractivity contribution < 1.29 is 0 Å². The van der Waals surface area contributed by atoms with Crippen molar-refractivity contribution in [3.63, 3.8) is 0 Å². The lowest BCUT2D eigenvalue weighted by atomic mass is 9.94. The van der Waals surface area contributed by atoms with Gasteiger partial charge in [-0.05, 0) is 104 Å². The number of anilines is 3. The summed E-state index contributed by atoms with van der Waals surface area (Å²) in [6.07, 6.45) is 0. The number of hydrogen-bond donors (Lipinski definition) is 0. The lowest BCUT2D eigenvalue weighted by molar-refractivity contribution is 1.31. The lowest BCUT2D eigenvalue weighted by Crippen LogP contribution is -2.72. The molecule has 0 unspecified atom stereocenters. The predicted octanol–water partition coefficient (Wildman–Crippen LogP) is 13.6. The van der Waals surface area contributed by atoms with Gasteiger partial charge >= 0.3 is 0 Å². The van der Waals surface area contributed by atoms with Crippen molar-refractivity contribution >= 4 is 121 Å². The maximum atomic E-state index is 7.25. The number of halogens is 1. The summed E-state index contributed by atoms with van der Waals surface area (Å²) in [5.74, 6) is 0. The Morgan fingerprint density at radius 2 is 0.983 bits per heavy atom. The van der Waals surface area contributed by atoms with Crippen molar-refractivity contribution in [1.82, 2.24) is 0 Å². The second-order valence-electron chi connectivity index (χ2n) is 15.3. The zero-order valence-electron chi connectivity index (χ0n) is 31.8. The van der Waals surface area contributed by atoms with E-state index in [1.54, 1.807) is 0 Å². The maximum absolute atomic E-state index is 7.25. The van der Waals surface area contributed by atoms with E-state index in [0.717, 1.165) is 27.5 Å². The third-order valence-corrected chi connectivity index (χ3v) is 19.6. The van der Waals surface area contributed by atoms with Crippen molar-refractivity contribution in [3.8, 4) is 22.3 Å². The first-order chi connectivity index (χ1) is 29.2. The zero-order chi connectivity index (χ0) is 39.1. The average Bonchev–Trinajstić information content (AvgIpc) is 3.96. The Labute approximate surface area is 356 Å². The molecule has 0 spiro atoms. The summed E-state index contributed by atoms with van der Waals surface area (Å²) in [6.45, 7) is 0. The molecule has 1 aliphatic heterocycles. The maximum Gasteiger partial charge on any atom is 0.180 e. The molecule has 1 aliphatic rings. The van der Waals surface area contributed by atoms with Gasteiger partial charge in [-0.25, -0.2) is 0 Å². The number of benzene rings is 9. The molecular formula is C54H34ClNS2Si. The summed E-state index contributed by atoms with van der Waals surface area (Å²) < 4.78 is 5.17. The van der Waals surface area contributed by atoms with Crippen LogP contribution in [0.15, 0.2) is 206 Å². The van der Waals surface area contributed by atoms with Gasteiger partial charge in [0.25, 0.3) is 0 Å². The summed E-state index contributed by atoms with van der Waals surface area (Å²) >= 11 is 11.0. The van der Waals surface area contributed by atoms with E-state index < -0.39 is 8.07 Å². The molecule has 3 heterocycles. The smallest absolute Gasteiger partial charge is 0.180 e. The Morgan fingerprint density at radius 3 is 1.71 bits per heavy atom.